The molecule has 13 heavy (non-hydrogen) atoms. The van der Waals surface area contributed by atoms with Crippen LogP contribution in [0.4, 0.5) is 0 Å². The van der Waals surface area contributed by atoms with E-state index in [1.54, 1.807) is 0 Å². The van der Waals surface area contributed by atoms with Gasteiger partial charge in [0, 0.05) is 5.56 Å². The topological polar surface area (TPSA) is 3.24 Å². The zero-order valence-corrected chi connectivity index (χ0v) is 8.46. The number of nitrogens with zero attached hydrogens (tertiary/aromatic N) is 1. The lowest BCUT2D eigenvalue weighted by Gasteiger charge is -2.00. The SMILES string of the molecule is Cc1ccc(C#CCN(C)C)cc1. The summed E-state index contributed by atoms with van der Waals surface area (Å²) in [6, 6.07) is 8.27. The Bertz CT molecular complexity index is 311. The van der Waals surface area contributed by atoms with Crippen LogP contribution < -0.4 is 0 Å². The largest absolute Gasteiger partial charge is 0.299 e. The van der Waals surface area contributed by atoms with E-state index >= 15 is 0 Å². The molecule has 0 aromatic heterocycles. The minimum absolute atomic E-state index is 0.813. The summed E-state index contributed by atoms with van der Waals surface area (Å²) in [4.78, 5) is 2.06. The second-order valence-electron chi connectivity index (χ2n) is 3.41. The van der Waals surface area contributed by atoms with Gasteiger partial charge in [-0.2, -0.15) is 0 Å². The fraction of sp³-hybridized carbons (Fsp3) is 0.333. The normalized spacial score (nSPS) is 9.54. The Morgan fingerprint density at radius 1 is 1.15 bits per heavy atom. The maximum Gasteiger partial charge on any atom is 0.0600 e. The zero-order valence-electron chi connectivity index (χ0n) is 8.46. The first-order valence-electron chi connectivity index (χ1n) is 4.39. The van der Waals surface area contributed by atoms with E-state index in [9.17, 15) is 0 Å². The van der Waals surface area contributed by atoms with Crippen LogP contribution in [0.1, 0.15) is 11.1 Å². The van der Waals surface area contributed by atoms with Crippen molar-refractivity contribution >= 4 is 0 Å². The summed E-state index contributed by atoms with van der Waals surface area (Å²) in [7, 11) is 4.04. The van der Waals surface area contributed by atoms with Gasteiger partial charge in [-0.25, -0.2) is 0 Å². The molecule has 0 saturated heterocycles. The second-order valence-corrected chi connectivity index (χ2v) is 3.41. The highest BCUT2D eigenvalue weighted by Gasteiger charge is 1.85. The van der Waals surface area contributed by atoms with E-state index in [-0.39, 0.29) is 0 Å². The van der Waals surface area contributed by atoms with E-state index in [0.29, 0.717) is 0 Å². The highest BCUT2D eigenvalue weighted by Crippen LogP contribution is 2.00. The molecule has 0 radical (unpaired) electrons. The second kappa shape index (κ2) is 4.69. The van der Waals surface area contributed by atoms with Crippen molar-refractivity contribution in [1.29, 1.82) is 0 Å². The quantitative estimate of drug-likeness (QED) is 0.586. The van der Waals surface area contributed by atoms with Gasteiger partial charge in [-0.3, -0.25) is 4.90 Å². The summed E-state index contributed by atoms with van der Waals surface area (Å²) in [5.74, 6) is 6.21. The first kappa shape index (κ1) is 9.83. The predicted octanol–water partition coefficient (Wildman–Crippen LogP) is 1.91. The van der Waals surface area contributed by atoms with Crippen LogP contribution in [-0.4, -0.2) is 25.5 Å². The summed E-state index contributed by atoms with van der Waals surface area (Å²) in [6.45, 7) is 2.89. The molecule has 0 aliphatic heterocycles. The first-order valence-corrected chi connectivity index (χ1v) is 4.39. The zero-order chi connectivity index (χ0) is 9.68. The van der Waals surface area contributed by atoms with E-state index in [1.165, 1.54) is 5.56 Å². The van der Waals surface area contributed by atoms with Crippen LogP contribution in [0.25, 0.3) is 0 Å². The standard InChI is InChI=1S/C12H15N/c1-11-6-8-12(9-7-11)5-4-10-13(2)3/h6-9H,10H2,1-3H3. The van der Waals surface area contributed by atoms with Crippen LogP contribution in [-0.2, 0) is 0 Å². The molecule has 0 fully saturated rings. The Kier molecular flexibility index (Phi) is 3.54. The average Bonchev–Trinajstić information content (AvgIpc) is 2.08. The molecule has 0 N–H and O–H groups in total. The summed E-state index contributed by atoms with van der Waals surface area (Å²) in [5.41, 5.74) is 2.37. The maximum atomic E-state index is 3.11. The molecular formula is C12H15N. The van der Waals surface area contributed by atoms with Gasteiger partial charge in [0.15, 0.2) is 0 Å². The molecule has 1 aromatic rings. The van der Waals surface area contributed by atoms with Crippen molar-refractivity contribution in [1.82, 2.24) is 4.90 Å². The van der Waals surface area contributed by atoms with Gasteiger partial charge in [-0.15, -0.1) is 0 Å². The third-order valence-electron chi connectivity index (χ3n) is 1.68. The summed E-state index contributed by atoms with van der Waals surface area (Å²) in [6.07, 6.45) is 0. The van der Waals surface area contributed by atoms with E-state index in [0.717, 1.165) is 12.1 Å². The molecule has 0 saturated carbocycles. The van der Waals surface area contributed by atoms with Crippen molar-refractivity contribution in [2.24, 2.45) is 0 Å². The van der Waals surface area contributed by atoms with Crippen molar-refractivity contribution in [3.63, 3.8) is 0 Å². The Balaban J connectivity index is 2.62. The third-order valence-corrected chi connectivity index (χ3v) is 1.68. The molecule has 1 aromatic carbocycles. The van der Waals surface area contributed by atoms with Crippen molar-refractivity contribution in [2.75, 3.05) is 20.6 Å². The highest BCUT2D eigenvalue weighted by molar-refractivity contribution is 5.35. The number of aryl methyl sites for hydroxylation is 1. The van der Waals surface area contributed by atoms with E-state index in [4.69, 9.17) is 0 Å². The smallest absolute Gasteiger partial charge is 0.0600 e. The lowest BCUT2D eigenvalue weighted by molar-refractivity contribution is 0.464. The lowest BCUT2D eigenvalue weighted by Crippen LogP contribution is -2.10. The van der Waals surface area contributed by atoms with Crippen LogP contribution in [0.3, 0.4) is 0 Å². The van der Waals surface area contributed by atoms with Gasteiger partial charge in [-0.1, -0.05) is 29.5 Å². The van der Waals surface area contributed by atoms with E-state index in [2.05, 4.69) is 47.9 Å². The molecule has 1 heteroatoms. The number of hydrogen-bond acceptors (Lipinski definition) is 1. The third kappa shape index (κ3) is 3.78. The van der Waals surface area contributed by atoms with Crippen molar-refractivity contribution in [2.45, 2.75) is 6.92 Å². The number of rotatable bonds is 1. The van der Waals surface area contributed by atoms with Gasteiger partial charge in [0.1, 0.15) is 0 Å². The Hall–Kier alpha value is -1.26. The number of benzene rings is 1. The summed E-state index contributed by atoms with van der Waals surface area (Å²) < 4.78 is 0. The van der Waals surface area contributed by atoms with Crippen LogP contribution in [0.2, 0.25) is 0 Å². The molecule has 68 valence electrons. The van der Waals surface area contributed by atoms with Gasteiger partial charge in [0.05, 0.1) is 6.54 Å². The minimum Gasteiger partial charge on any atom is -0.299 e. The maximum absolute atomic E-state index is 3.11. The highest BCUT2D eigenvalue weighted by atomic mass is 15.0. The molecule has 0 atom stereocenters. The average molecular weight is 173 g/mol. The van der Waals surface area contributed by atoms with Gasteiger partial charge in [0.25, 0.3) is 0 Å². The van der Waals surface area contributed by atoms with Gasteiger partial charge in [-0.05, 0) is 33.2 Å². The molecule has 1 nitrogen and oxygen atoms in total. The fourth-order valence-electron chi connectivity index (χ4n) is 0.937. The molecule has 0 aliphatic rings. The molecule has 0 spiro atoms. The molecule has 0 unspecified atom stereocenters. The van der Waals surface area contributed by atoms with Gasteiger partial charge < -0.3 is 0 Å². The van der Waals surface area contributed by atoms with Crippen molar-refractivity contribution in [3.05, 3.63) is 35.4 Å². The number of hydrogen-bond donors (Lipinski definition) is 0. The Morgan fingerprint density at radius 2 is 1.77 bits per heavy atom. The molecule has 1 rings (SSSR count). The van der Waals surface area contributed by atoms with Crippen molar-refractivity contribution < 1.29 is 0 Å². The summed E-state index contributed by atoms with van der Waals surface area (Å²) in [5, 5.41) is 0. The Morgan fingerprint density at radius 3 is 2.31 bits per heavy atom. The first-order chi connectivity index (χ1) is 6.18. The van der Waals surface area contributed by atoms with Crippen LogP contribution in [0.15, 0.2) is 24.3 Å². The fourth-order valence-corrected chi connectivity index (χ4v) is 0.937. The monoisotopic (exact) mass is 173 g/mol. The minimum atomic E-state index is 0.813. The van der Waals surface area contributed by atoms with Gasteiger partial charge >= 0.3 is 0 Å². The molecule has 0 bridgehead atoms. The van der Waals surface area contributed by atoms with E-state index < -0.39 is 0 Å². The molecule has 0 aliphatic carbocycles. The van der Waals surface area contributed by atoms with Crippen molar-refractivity contribution in [3.8, 4) is 11.8 Å². The molecular weight excluding hydrogens is 158 g/mol. The predicted molar refractivity (Wildman–Crippen MR) is 56.6 cm³/mol. The molecule has 0 amide bonds. The van der Waals surface area contributed by atoms with Crippen LogP contribution in [0, 0.1) is 18.8 Å². The summed E-state index contributed by atoms with van der Waals surface area (Å²) >= 11 is 0. The molecule has 0 heterocycles. The van der Waals surface area contributed by atoms with E-state index in [1.807, 2.05) is 14.1 Å². The van der Waals surface area contributed by atoms with Gasteiger partial charge in [0.2, 0.25) is 0 Å². The van der Waals surface area contributed by atoms with Crippen LogP contribution >= 0.6 is 0 Å². The lowest BCUT2D eigenvalue weighted by atomic mass is 10.2. The Labute approximate surface area is 80.4 Å². The van der Waals surface area contributed by atoms with Crippen LogP contribution in [0.5, 0.6) is 0 Å².